The van der Waals surface area contributed by atoms with E-state index in [1.165, 1.54) is 4.57 Å². The second kappa shape index (κ2) is 6.44. The van der Waals surface area contributed by atoms with E-state index in [-0.39, 0.29) is 22.5 Å². The first-order chi connectivity index (χ1) is 11.1. The molecule has 0 aliphatic carbocycles. The van der Waals surface area contributed by atoms with Crippen molar-refractivity contribution in [2.24, 2.45) is 10.2 Å². The molecule has 0 bridgehead atoms. The predicted molar refractivity (Wildman–Crippen MR) is 92.4 cm³/mol. The molecule has 5 nitrogen and oxygen atoms in total. The monoisotopic (exact) mass is 391 g/mol. The van der Waals surface area contributed by atoms with Gasteiger partial charge in [-0.2, -0.15) is 5.11 Å². The highest BCUT2D eigenvalue weighted by atomic mass is 79.9. The minimum absolute atomic E-state index is 0.0101. The van der Waals surface area contributed by atoms with Gasteiger partial charge in [0.25, 0.3) is 0 Å². The Morgan fingerprint density at radius 2 is 1.52 bits per heavy atom. The van der Waals surface area contributed by atoms with E-state index in [0.29, 0.717) is 11.4 Å². The van der Waals surface area contributed by atoms with Crippen molar-refractivity contribution in [3.8, 4) is 17.4 Å². The van der Waals surface area contributed by atoms with E-state index in [2.05, 4.69) is 26.2 Å². The summed E-state index contributed by atoms with van der Waals surface area (Å²) in [4.78, 5) is 0. The molecule has 7 heteroatoms. The van der Waals surface area contributed by atoms with Crippen molar-refractivity contribution in [1.82, 2.24) is 4.57 Å². The predicted octanol–water partition coefficient (Wildman–Crippen LogP) is 5.72. The highest BCUT2D eigenvalue weighted by molar-refractivity contribution is 9.10. The molecule has 3 aromatic rings. The fraction of sp³-hybridized carbons (Fsp3) is 0. The minimum Gasteiger partial charge on any atom is -0.493 e. The summed E-state index contributed by atoms with van der Waals surface area (Å²) >= 11 is 9.40. The topological polar surface area (TPSA) is 70.1 Å². The van der Waals surface area contributed by atoms with Gasteiger partial charge in [-0.25, -0.2) is 4.57 Å². The molecule has 0 atom stereocenters. The van der Waals surface area contributed by atoms with Crippen LogP contribution in [0.1, 0.15) is 0 Å². The van der Waals surface area contributed by atoms with Crippen molar-refractivity contribution in [2.45, 2.75) is 0 Å². The van der Waals surface area contributed by atoms with Gasteiger partial charge in [-0.1, -0.05) is 45.7 Å². The largest absolute Gasteiger partial charge is 0.493 e. The Kier molecular flexibility index (Phi) is 4.36. The molecule has 0 saturated heterocycles. The van der Waals surface area contributed by atoms with Crippen LogP contribution in [0.4, 0.5) is 11.4 Å². The number of benzene rings is 2. The first-order valence-corrected chi connectivity index (χ1v) is 7.80. The summed E-state index contributed by atoms with van der Waals surface area (Å²) < 4.78 is 2.13. The molecule has 3 rings (SSSR count). The number of rotatable bonds is 3. The van der Waals surface area contributed by atoms with Crippen LogP contribution in [0.3, 0.4) is 0 Å². The number of aromatic hydroxyl groups is 2. The zero-order valence-electron chi connectivity index (χ0n) is 11.7. The molecule has 1 heterocycles. The summed E-state index contributed by atoms with van der Waals surface area (Å²) in [6.07, 6.45) is 0. The lowest BCUT2D eigenvalue weighted by Gasteiger charge is -2.05. The van der Waals surface area contributed by atoms with Gasteiger partial charge in [0.1, 0.15) is 5.02 Å². The van der Waals surface area contributed by atoms with E-state index in [1.54, 1.807) is 36.4 Å². The van der Waals surface area contributed by atoms with E-state index in [9.17, 15) is 10.2 Å². The van der Waals surface area contributed by atoms with Crippen LogP contribution in [0.25, 0.3) is 5.69 Å². The average Bonchev–Trinajstić information content (AvgIpc) is 2.78. The number of hydrogen-bond acceptors (Lipinski definition) is 4. The van der Waals surface area contributed by atoms with E-state index in [0.717, 1.165) is 4.47 Å². The minimum atomic E-state index is -0.292. The Morgan fingerprint density at radius 3 is 2.17 bits per heavy atom. The third kappa shape index (κ3) is 3.09. The molecule has 2 N–H and O–H groups in total. The van der Waals surface area contributed by atoms with Gasteiger partial charge in [0.15, 0.2) is 5.69 Å². The van der Waals surface area contributed by atoms with Crippen molar-refractivity contribution in [2.75, 3.05) is 0 Å². The Bertz CT molecular complexity index is 861. The summed E-state index contributed by atoms with van der Waals surface area (Å²) in [7, 11) is 0. The van der Waals surface area contributed by atoms with Crippen LogP contribution in [0.15, 0.2) is 69.3 Å². The van der Waals surface area contributed by atoms with Gasteiger partial charge >= 0.3 is 0 Å². The third-order valence-electron chi connectivity index (χ3n) is 3.15. The fourth-order valence-electron chi connectivity index (χ4n) is 2.03. The SMILES string of the molecule is Oc1c(Cl)c(N=Nc2ccc(Br)cc2)c(O)n1-c1ccccc1. The summed E-state index contributed by atoms with van der Waals surface area (Å²) in [5.74, 6) is -0.570. The van der Waals surface area contributed by atoms with Gasteiger partial charge in [0, 0.05) is 4.47 Å². The van der Waals surface area contributed by atoms with Crippen molar-refractivity contribution < 1.29 is 10.2 Å². The Labute approximate surface area is 145 Å². The van der Waals surface area contributed by atoms with Gasteiger partial charge in [-0.05, 0) is 36.4 Å². The number of halogens is 2. The Hall–Kier alpha value is -2.31. The second-order valence-corrected chi connectivity index (χ2v) is 5.95. The highest BCUT2D eigenvalue weighted by Crippen LogP contribution is 2.46. The molecule has 0 unspecified atom stereocenters. The van der Waals surface area contributed by atoms with Crippen LogP contribution >= 0.6 is 27.5 Å². The maximum Gasteiger partial charge on any atom is 0.228 e. The standard InChI is InChI=1S/C16H11BrClN3O2/c17-10-6-8-11(9-7-10)19-20-14-13(18)15(22)21(16(14)23)12-4-2-1-3-5-12/h1-9,22-23H. The van der Waals surface area contributed by atoms with Gasteiger partial charge in [-0.15, -0.1) is 5.11 Å². The third-order valence-corrected chi connectivity index (χ3v) is 4.02. The van der Waals surface area contributed by atoms with Gasteiger partial charge in [0.05, 0.1) is 11.4 Å². The molecular formula is C16H11BrClN3O2. The normalized spacial score (nSPS) is 11.2. The van der Waals surface area contributed by atoms with Gasteiger partial charge < -0.3 is 10.2 Å². The van der Waals surface area contributed by atoms with Crippen molar-refractivity contribution >= 4 is 38.9 Å². The zero-order chi connectivity index (χ0) is 16.4. The summed E-state index contributed by atoms with van der Waals surface area (Å²) in [5.41, 5.74) is 1.17. The molecule has 0 saturated carbocycles. The lowest BCUT2D eigenvalue weighted by molar-refractivity contribution is 0.403. The molecule has 0 spiro atoms. The maximum absolute atomic E-state index is 10.3. The zero-order valence-corrected chi connectivity index (χ0v) is 14.0. The van der Waals surface area contributed by atoms with Gasteiger partial charge in [0.2, 0.25) is 11.8 Å². The van der Waals surface area contributed by atoms with Crippen LogP contribution in [-0.2, 0) is 0 Å². The first kappa shape index (κ1) is 15.6. The molecule has 1 aromatic heterocycles. The van der Waals surface area contributed by atoms with Crippen LogP contribution in [0, 0.1) is 0 Å². The van der Waals surface area contributed by atoms with E-state index < -0.39 is 0 Å². The average molecular weight is 393 g/mol. The first-order valence-electron chi connectivity index (χ1n) is 6.63. The molecule has 0 aliphatic heterocycles. The number of hydrogen-bond donors (Lipinski definition) is 2. The molecule has 23 heavy (non-hydrogen) atoms. The van der Waals surface area contributed by atoms with Crippen LogP contribution in [0.2, 0.25) is 5.02 Å². The van der Waals surface area contributed by atoms with Crippen molar-refractivity contribution in [3.05, 3.63) is 64.1 Å². The highest BCUT2D eigenvalue weighted by Gasteiger charge is 2.22. The molecule has 0 fully saturated rings. The number of azo groups is 1. The van der Waals surface area contributed by atoms with Crippen LogP contribution in [0.5, 0.6) is 11.8 Å². The van der Waals surface area contributed by atoms with Crippen LogP contribution < -0.4 is 0 Å². The number of para-hydroxylation sites is 1. The molecule has 0 amide bonds. The lowest BCUT2D eigenvalue weighted by Crippen LogP contribution is -1.91. The summed E-state index contributed by atoms with van der Waals surface area (Å²) in [6.45, 7) is 0. The second-order valence-electron chi connectivity index (χ2n) is 4.66. The smallest absolute Gasteiger partial charge is 0.228 e. The van der Waals surface area contributed by atoms with Crippen molar-refractivity contribution in [3.63, 3.8) is 0 Å². The number of aromatic nitrogens is 1. The molecular weight excluding hydrogens is 382 g/mol. The quantitative estimate of drug-likeness (QED) is 0.560. The fourth-order valence-corrected chi connectivity index (χ4v) is 2.51. The lowest BCUT2D eigenvalue weighted by atomic mass is 10.3. The van der Waals surface area contributed by atoms with E-state index in [4.69, 9.17) is 11.6 Å². The Balaban J connectivity index is 2.02. The summed E-state index contributed by atoms with van der Waals surface area (Å²) in [6, 6.07) is 16.0. The van der Waals surface area contributed by atoms with Gasteiger partial charge in [-0.3, -0.25) is 0 Å². The van der Waals surface area contributed by atoms with E-state index >= 15 is 0 Å². The summed E-state index contributed by atoms with van der Waals surface area (Å²) in [5, 5.41) is 28.4. The maximum atomic E-state index is 10.3. The van der Waals surface area contributed by atoms with Crippen molar-refractivity contribution in [1.29, 1.82) is 0 Å². The molecule has 0 radical (unpaired) electrons. The number of nitrogens with zero attached hydrogens (tertiary/aromatic N) is 3. The molecule has 116 valence electrons. The van der Waals surface area contributed by atoms with Crippen LogP contribution in [-0.4, -0.2) is 14.8 Å². The molecule has 2 aromatic carbocycles. The van der Waals surface area contributed by atoms with E-state index in [1.807, 2.05) is 18.2 Å². The molecule has 0 aliphatic rings. The Morgan fingerprint density at radius 1 is 0.870 bits per heavy atom.